The number of nitrogens with one attached hydrogen (secondary N) is 2. The second-order valence-electron chi connectivity index (χ2n) is 9.46. The normalized spacial score (nSPS) is 16.4. The lowest BCUT2D eigenvalue weighted by Crippen LogP contribution is -2.38. The Morgan fingerprint density at radius 1 is 1.15 bits per heavy atom. The predicted octanol–water partition coefficient (Wildman–Crippen LogP) is 4.27. The fraction of sp³-hybridized carbons (Fsp3) is 0.407. The number of piperidine rings is 1. The molecular formula is C27H30N6O. The van der Waals surface area contributed by atoms with Crippen LogP contribution in [0, 0.1) is 18.3 Å². The molecule has 0 atom stereocenters. The molecule has 0 unspecified atom stereocenters. The molecule has 34 heavy (non-hydrogen) atoms. The number of nitrogens with zero attached hydrogens (tertiary/aromatic N) is 4. The number of carbonyl (C=O) groups is 1. The summed E-state index contributed by atoms with van der Waals surface area (Å²) in [7, 11) is 1.88. The summed E-state index contributed by atoms with van der Waals surface area (Å²) in [4.78, 5) is 20.2. The summed E-state index contributed by atoms with van der Waals surface area (Å²) >= 11 is 0. The van der Waals surface area contributed by atoms with Gasteiger partial charge in [0.2, 0.25) is 0 Å². The molecule has 2 N–H and O–H groups in total. The Morgan fingerprint density at radius 3 is 2.53 bits per heavy atom. The topological polar surface area (TPSA) is 97.7 Å². The van der Waals surface area contributed by atoms with E-state index in [1.54, 1.807) is 0 Å². The van der Waals surface area contributed by atoms with Gasteiger partial charge in [-0.1, -0.05) is 18.2 Å². The van der Waals surface area contributed by atoms with Crippen LogP contribution in [0.1, 0.15) is 76.0 Å². The summed E-state index contributed by atoms with van der Waals surface area (Å²) in [5, 5.41) is 19.6. The molecule has 0 spiro atoms. The fourth-order valence-electron chi connectivity index (χ4n) is 4.96. The highest BCUT2D eigenvalue weighted by atomic mass is 16.2. The monoisotopic (exact) mass is 454 g/mol. The number of amides is 1. The number of rotatable bonds is 6. The molecule has 1 saturated heterocycles. The van der Waals surface area contributed by atoms with Crippen LogP contribution in [0.3, 0.4) is 0 Å². The summed E-state index contributed by atoms with van der Waals surface area (Å²) in [5.41, 5.74) is 5.93. The number of aromatic nitrogens is 3. The van der Waals surface area contributed by atoms with Gasteiger partial charge in [-0.15, -0.1) is 0 Å². The van der Waals surface area contributed by atoms with Gasteiger partial charge in [-0.25, -0.2) is 4.98 Å². The Hall–Kier alpha value is -3.50. The van der Waals surface area contributed by atoms with E-state index in [1.807, 2.05) is 49.2 Å². The van der Waals surface area contributed by atoms with Gasteiger partial charge in [0.1, 0.15) is 5.82 Å². The summed E-state index contributed by atoms with van der Waals surface area (Å²) in [5.74, 6) is 2.50. The number of hydrogen-bond donors (Lipinski definition) is 2. The maximum absolute atomic E-state index is 13.6. The van der Waals surface area contributed by atoms with E-state index in [9.17, 15) is 4.79 Å². The number of H-pyrrole nitrogens is 1. The van der Waals surface area contributed by atoms with Crippen molar-refractivity contribution in [2.24, 2.45) is 0 Å². The van der Waals surface area contributed by atoms with Crippen LogP contribution in [0.5, 0.6) is 0 Å². The van der Waals surface area contributed by atoms with Crippen molar-refractivity contribution in [3.63, 3.8) is 0 Å². The molecule has 2 fully saturated rings. The zero-order valence-corrected chi connectivity index (χ0v) is 19.8. The van der Waals surface area contributed by atoms with Gasteiger partial charge in [0, 0.05) is 24.2 Å². The Morgan fingerprint density at radius 2 is 1.88 bits per heavy atom. The Balaban J connectivity index is 1.36. The first kappa shape index (κ1) is 22.3. The second-order valence-corrected chi connectivity index (χ2v) is 9.46. The average Bonchev–Trinajstić information content (AvgIpc) is 3.62. The van der Waals surface area contributed by atoms with Gasteiger partial charge in [0.05, 0.1) is 18.2 Å². The molecule has 174 valence electrons. The van der Waals surface area contributed by atoms with Crippen LogP contribution in [-0.2, 0) is 6.54 Å². The van der Waals surface area contributed by atoms with E-state index in [4.69, 9.17) is 5.26 Å². The van der Waals surface area contributed by atoms with Crippen molar-refractivity contribution in [3.05, 3.63) is 70.0 Å². The lowest BCUT2D eigenvalue weighted by atomic mass is 9.88. The number of likely N-dealkylation sites (tertiary alicyclic amines) is 1. The second kappa shape index (κ2) is 9.40. The third-order valence-corrected chi connectivity index (χ3v) is 7.05. The first-order chi connectivity index (χ1) is 16.6. The molecule has 0 radical (unpaired) electrons. The molecule has 1 saturated carbocycles. The van der Waals surface area contributed by atoms with E-state index in [0.717, 1.165) is 48.4 Å². The van der Waals surface area contributed by atoms with Crippen LogP contribution in [0.15, 0.2) is 36.4 Å². The van der Waals surface area contributed by atoms with Gasteiger partial charge < -0.3 is 10.2 Å². The molecule has 2 heterocycles. The Labute approximate surface area is 200 Å². The molecule has 7 nitrogen and oxygen atoms in total. The molecule has 2 aromatic carbocycles. The van der Waals surface area contributed by atoms with Crippen LogP contribution >= 0.6 is 0 Å². The number of benzene rings is 2. The first-order valence-corrected chi connectivity index (χ1v) is 12.1. The molecule has 1 aromatic heterocycles. The predicted molar refractivity (Wildman–Crippen MR) is 130 cm³/mol. The summed E-state index contributed by atoms with van der Waals surface area (Å²) in [6, 6.07) is 14.2. The lowest BCUT2D eigenvalue weighted by molar-refractivity contribution is 0.0712. The third kappa shape index (κ3) is 4.46. The van der Waals surface area contributed by atoms with E-state index in [-0.39, 0.29) is 5.91 Å². The van der Waals surface area contributed by atoms with Crippen LogP contribution in [0.4, 0.5) is 0 Å². The van der Waals surface area contributed by atoms with E-state index >= 15 is 0 Å². The third-order valence-electron chi connectivity index (χ3n) is 7.05. The number of hydrogen-bond acceptors (Lipinski definition) is 5. The van der Waals surface area contributed by atoms with E-state index in [1.165, 1.54) is 24.0 Å². The summed E-state index contributed by atoms with van der Waals surface area (Å²) in [6.07, 6.45) is 4.21. The first-order valence-electron chi connectivity index (χ1n) is 12.1. The van der Waals surface area contributed by atoms with Crippen LogP contribution in [-0.4, -0.2) is 46.1 Å². The maximum atomic E-state index is 13.6. The maximum Gasteiger partial charge on any atom is 0.254 e. The molecule has 1 amide bonds. The van der Waals surface area contributed by atoms with Crippen molar-refractivity contribution in [1.29, 1.82) is 5.26 Å². The standard InChI is InChI=1S/C27H30N6O/c1-17-13-23(21-7-8-21)24(26-30-25(16-29-2)31-32-26)14-22(17)27(34)33-11-9-20(10-12-33)19-5-3-18(15-28)4-6-19/h3-6,13-14,20-21,29H,7-12,16H2,1-2H3,(H,30,31,32). The van der Waals surface area contributed by atoms with Crippen LogP contribution in [0.2, 0.25) is 0 Å². The molecule has 5 rings (SSSR count). The Bertz CT molecular complexity index is 1230. The minimum atomic E-state index is 0.0883. The van der Waals surface area contributed by atoms with Gasteiger partial charge in [0.25, 0.3) is 5.91 Å². The van der Waals surface area contributed by atoms with E-state index in [2.05, 4.69) is 32.6 Å². The molecule has 3 aromatic rings. The van der Waals surface area contributed by atoms with Gasteiger partial charge in [-0.05, 0) is 86.4 Å². The highest BCUT2D eigenvalue weighted by Crippen LogP contribution is 2.45. The van der Waals surface area contributed by atoms with Crippen molar-refractivity contribution < 1.29 is 4.79 Å². The zero-order valence-electron chi connectivity index (χ0n) is 19.8. The lowest BCUT2D eigenvalue weighted by Gasteiger charge is -2.33. The molecule has 7 heteroatoms. The van der Waals surface area contributed by atoms with Crippen LogP contribution in [0.25, 0.3) is 11.4 Å². The van der Waals surface area contributed by atoms with Crippen molar-refractivity contribution >= 4 is 5.91 Å². The average molecular weight is 455 g/mol. The summed E-state index contributed by atoms with van der Waals surface area (Å²) in [6.45, 7) is 4.12. The quantitative estimate of drug-likeness (QED) is 0.580. The minimum Gasteiger partial charge on any atom is -0.339 e. The van der Waals surface area contributed by atoms with E-state index in [0.29, 0.717) is 29.8 Å². The van der Waals surface area contributed by atoms with Gasteiger partial charge in [0.15, 0.2) is 5.82 Å². The van der Waals surface area contributed by atoms with Gasteiger partial charge in [-0.3, -0.25) is 9.89 Å². The number of aryl methyl sites for hydroxylation is 1. The minimum absolute atomic E-state index is 0.0883. The number of nitriles is 1. The molecule has 0 bridgehead atoms. The number of carbonyl (C=O) groups excluding carboxylic acids is 1. The molecule has 1 aliphatic heterocycles. The molecule has 1 aliphatic carbocycles. The number of aromatic amines is 1. The SMILES string of the molecule is CNCc1nc(-c2cc(C(=O)N3CCC(c4ccc(C#N)cc4)CC3)c(C)cc2C2CC2)n[nH]1. The van der Waals surface area contributed by atoms with Gasteiger partial charge >= 0.3 is 0 Å². The van der Waals surface area contributed by atoms with Crippen molar-refractivity contribution in [1.82, 2.24) is 25.4 Å². The van der Waals surface area contributed by atoms with Crippen molar-refractivity contribution in [3.8, 4) is 17.5 Å². The zero-order chi connectivity index (χ0) is 23.7. The summed E-state index contributed by atoms with van der Waals surface area (Å²) < 4.78 is 0. The Kier molecular flexibility index (Phi) is 6.16. The van der Waals surface area contributed by atoms with Gasteiger partial charge in [-0.2, -0.15) is 10.4 Å². The highest BCUT2D eigenvalue weighted by Gasteiger charge is 2.31. The largest absolute Gasteiger partial charge is 0.339 e. The molecule has 2 aliphatic rings. The fourth-order valence-corrected chi connectivity index (χ4v) is 4.96. The molecular weight excluding hydrogens is 424 g/mol. The van der Waals surface area contributed by atoms with Crippen LogP contribution < -0.4 is 5.32 Å². The smallest absolute Gasteiger partial charge is 0.254 e. The van der Waals surface area contributed by atoms with E-state index < -0.39 is 0 Å². The van der Waals surface area contributed by atoms with Crippen molar-refractivity contribution in [2.75, 3.05) is 20.1 Å². The van der Waals surface area contributed by atoms with Crippen molar-refractivity contribution in [2.45, 2.75) is 51.0 Å². The highest BCUT2D eigenvalue weighted by molar-refractivity contribution is 5.97.